The van der Waals surface area contributed by atoms with Gasteiger partial charge >= 0.3 is 0 Å². The number of rotatable bonds is 12. The van der Waals surface area contributed by atoms with Crippen molar-refractivity contribution in [1.29, 1.82) is 0 Å². The lowest BCUT2D eigenvalue weighted by Gasteiger charge is -2.31. The van der Waals surface area contributed by atoms with Crippen molar-refractivity contribution >= 4 is 34.8 Å². The molecule has 1 fully saturated rings. The number of β-lactam (4-membered cyclic amide) rings is 1. The van der Waals surface area contributed by atoms with E-state index in [1.807, 2.05) is 48.5 Å². The molecule has 1 saturated heterocycles. The number of carbonyl (C=O) groups excluding carboxylic acids is 3. The molecule has 5 rings (SSSR count). The Kier molecular flexibility index (Phi) is 8.88. The standard InChI is InChI=1S/C33H34N4O7/c1-23(7-5-12-30(39)34(17-18-38)21-24-8-3-2-4-9-24)33(42)28-20-27(37(43)44)13-14-29(28)36(32(33)41)22-25-10-6-11-26(19-25)35-16-15-31(35)40/h2-11,13-14,19-20,23,38,42H,12,15-18,21-22H2,1H3/b7-5+/t23-,33+/m0/s1. The molecule has 11 nitrogen and oxygen atoms in total. The first-order valence-electron chi connectivity index (χ1n) is 14.4. The Balaban J connectivity index is 1.38. The van der Waals surface area contributed by atoms with Gasteiger partial charge in [0.2, 0.25) is 11.8 Å². The van der Waals surface area contributed by atoms with E-state index >= 15 is 0 Å². The van der Waals surface area contributed by atoms with E-state index in [0.29, 0.717) is 30.9 Å². The van der Waals surface area contributed by atoms with Gasteiger partial charge in [-0.1, -0.05) is 61.5 Å². The molecule has 11 heteroatoms. The smallest absolute Gasteiger partial charge is 0.269 e. The van der Waals surface area contributed by atoms with Gasteiger partial charge in [-0.05, 0) is 29.3 Å². The summed E-state index contributed by atoms with van der Waals surface area (Å²) in [6, 6.07) is 20.6. The molecule has 0 spiro atoms. The number of fused-ring (bicyclic) bond motifs is 1. The molecule has 0 radical (unpaired) electrons. The van der Waals surface area contributed by atoms with Crippen LogP contribution in [0, 0.1) is 16.0 Å². The average molecular weight is 599 g/mol. The molecule has 3 amide bonds. The maximum atomic E-state index is 13.9. The van der Waals surface area contributed by atoms with Crippen molar-refractivity contribution in [3.63, 3.8) is 0 Å². The molecule has 2 heterocycles. The van der Waals surface area contributed by atoms with E-state index in [1.54, 1.807) is 30.0 Å². The predicted molar refractivity (Wildman–Crippen MR) is 163 cm³/mol. The molecule has 2 aliphatic heterocycles. The number of nitrogens with zero attached hydrogens (tertiary/aromatic N) is 4. The van der Waals surface area contributed by atoms with E-state index in [4.69, 9.17) is 0 Å². The molecule has 0 bridgehead atoms. The summed E-state index contributed by atoms with van der Waals surface area (Å²) in [6.45, 7) is 2.59. The van der Waals surface area contributed by atoms with E-state index in [2.05, 4.69) is 0 Å². The Morgan fingerprint density at radius 1 is 1.09 bits per heavy atom. The van der Waals surface area contributed by atoms with Crippen molar-refractivity contribution in [3.8, 4) is 0 Å². The fourth-order valence-electron chi connectivity index (χ4n) is 5.66. The third kappa shape index (κ3) is 5.97. The van der Waals surface area contributed by atoms with Crippen molar-refractivity contribution in [3.05, 3.63) is 112 Å². The van der Waals surface area contributed by atoms with Crippen LogP contribution in [0.2, 0.25) is 0 Å². The van der Waals surface area contributed by atoms with E-state index in [0.717, 1.165) is 11.1 Å². The summed E-state index contributed by atoms with van der Waals surface area (Å²) >= 11 is 0. The zero-order valence-electron chi connectivity index (χ0n) is 24.3. The van der Waals surface area contributed by atoms with Gasteiger partial charge in [-0.25, -0.2) is 0 Å². The molecule has 0 saturated carbocycles. The van der Waals surface area contributed by atoms with Gasteiger partial charge in [0.1, 0.15) is 0 Å². The van der Waals surface area contributed by atoms with Crippen LogP contribution < -0.4 is 9.80 Å². The Bertz CT molecular complexity index is 1610. The highest BCUT2D eigenvalue weighted by Gasteiger charge is 2.53. The van der Waals surface area contributed by atoms with E-state index in [-0.39, 0.29) is 49.2 Å². The van der Waals surface area contributed by atoms with Gasteiger partial charge in [0.05, 0.1) is 23.8 Å². The van der Waals surface area contributed by atoms with Gasteiger partial charge in [-0.3, -0.25) is 24.5 Å². The van der Waals surface area contributed by atoms with Gasteiger partial charge in [0, 0.05) is 61.8 Å². The molecule has 0 aromatic heterocycles. The van der Waals surface area contributed by atoms with Crippen molar-refractivity contribution < 1.29 is 29.5 Å². The quantitative estimate of drug-likeness (QED) is 0.140. The van der Waals surface area contributed by atoms with Crippen molar-refractivity contribution in [2.24, 2.45) is 5.92 Å². The van der Waals surface area contributed by atoms with Crippen LogP contribution in [0.4, 0.5) is 17.1 Å². The maximum absolute atomic E-state index is 13.9. The van der Waals surface area contributed by atoms with E-state index in [9.17, 15) is 34.7 Å². The average Bonchev–Trinajstić information content (AvgIpc) is 3.22. The molecular formula is C33H34N4O7. The molecule has 3 aromatic rings. The Morgan fingerprint density at radius 2 is 1.84 bits per heavy atom. The Labute approximate surface area is 254 Å². The van der Waals surface area contributed by atoms with E-state index in [1.165, 1.54) is 28.0 Å². The fourth-order valence-corrected chi connectivity index (χ4v) is 5.66. The number of hydrogen-bond acceptors (Lipinski definition) is 7. The topological polar surface area (TPSA) is 145 Å². The zero-order valence-corrected chi connectivity index (χ0v) is 24.3. The number of benzene rings is 3. The van der Waals surface area contributed by atoms with Crippen LogP contribution in [0.25, 0.3) is 0 Å². The minimum Gasteiger partial charge on any atom is -0.395 e. The van der Waals surface area contributed by atoms with Crippen LogP contribution in [-0.4, -0.2) is 57.5 Å². The second kappa shape index (κ2) is 12.8. The Hall–Kier alpha value is -4.87. The lowest BCUT2D eigenvalue weighted by Crippen LogP contribution is -2.44. The van der Waals surface area contributed by atoms with Crippen LogP contribution in [0.15, 0.2) is 84.9 Å². The van der Waals surface area contributed by atoms with Crippen LogP contribution in [-0.2, 0) is 33.1 Å². The second-order valence-electron chi connectivity index (χ2n) is 11.0. The highest BCUT2D eigenvalue weighted by atomic mass is 16.6. The first kappa shape index (κ1) is 30.6. The summed E-state index contributed by atoms with van der Waals surface area (Å²) in [5.74, 6) is -1.72. The molecule has 0 aliphatic carbocycles. The lowest BCUT2D eigenvalue weighted by atomic mass is 9.82. The highest BCUT2D eigenvalue weighted by Crippen LogP contribution is 2.47. The number of nitro benzene ring substituents is 1. The van der Waals surface area contributed by atoms with Crippen LogP contribution in [0.3, 0.4) is 0 Å². The third-order valence-corrected chi connectivity index (χ3v) is 8.19. The monoisotopic (exact) mass is 598 g/mol. The summed E-state index contributed by atoms with van der Waals surface area (Å²) in [5, 5.41) is 33.1. The lowest BCUT2D eigenvalue weighted by molar-refractivity contribution is -0.385. The van der Waals surface area contributed by atoms with Crippen molar-refractivity contribution in [2.75, 3.05) is 29.5 Å². The van der Waals surface area contributed by atoms with Gasteiger partial charge in [0.25, 0.3) is 11.6 Å². The SMILES string of the molecule is C[C@@H](/C=C/CC(=O)N(CCO)Cc1ccccc1)[C@]1(O)C(=O)N(Cc2cccc(N3CCC3=O)c2)c2ccc([N+](=O)[O-])cc21. The molecule has 2 aliphatic rings. The number of non-ortho nitro benzene ring substituents is 1. The molecule has 228 valence electrons. The summed E-state index contributed by atoms with van der Waals surface area (Å²) < 4.78 is 0. The number of amides is 3. The summed E-state index contributed by atoms with van der Waals surface area (Å²) in [6.07, 6.45) is 3.59. The second-order valence-corrected chi connectivity index (χ2v) is 11.0. The number of aliphatic hydroxyl groups is 2. The minimum atomic E-state index is -2.12. The van der Waals surface area contributed by atoms with Crippen LogP contribution >= 0.6 is 0 Å². The molecule has 2 N–H and O–H groups in total. The fraction of sp³-hybridized carbons (Fsp3) is 0.303. The Morgan fingerprint density at radius 3 is 2.50 bits per heavy atom. The maximum Gasteiger partial charge on any atom is 0.269 e. The largest absolute Gasteiger partial charge is 0.395 e. The number of hydrogen-bond donors (Lipinski definition) is 2. The first-order valence-corrected chi connectivity index (χ1v) is 14.4. The van der Waals surface area contributed by atoms with Gasteiger partial charge in [-0.15, -0.1) is 0 Å². The van der Waals surface area contributed by atoms with Gasteiger partial charge in [-0.2, -0.15) is 0 Å². The van der Waals surface area contributed by atoms with Crippen LogP contribution in [0.1, 0.15) is 36.5 Å². The highest BCUT2D eigenvalue weighted by molar-refractivity contribution is 6.07. The van der Waals surface area contributed by atoms with Gasteiger partial charge in [0.15, 0.2) is 5.60 Å². The first-order chi connectivity index (χ1) is 21.1. The third-order valence-electron chi connectivity index (χ3n) is 8.19. The minimum absolute atomic E-state index is 0.0186. The summed E-state index contributed by atoms with van der Waals surface area (Å²) in [5.41, 5.74) is 0.427. The molecule has 0 unspecified atom stereocenters. The molecule has 44 heavy (non-hydrogen) atoms. The van der Waals surface area contributed by atoms with Crippen molar-refractivity contribution in [1.82, 2.24) is 4.90 Å². The number of aliphatic hydroxyl groups excluding tert-OH is 1. The predicted octanol–water partition coefficient (Wildman–Crippen LogP) is 3.67. The van der Waals surface area contributed by atoms with Crippen LogP contribution in [0.5, 0.6) is 0 Å². The van der Waals surface area contributed by atoms with E-state index < -0.39 is 22.3 Å². The number of anilines is 2. The number of carbonyl (C=O) groups is 3. The molecule has 3 aromatic carbocycles. The summed E-state index contributed by atoms with van der Waals surface area (Å²) in [7, 11) is 0. The summed E-state index contributed by atoms with van der Waals surface area (Å²) in [4.78, 5) is 54.5. The molecular weight excluding hydrogens is 564 g/mol. The number of nitro groups is 1. The molecule has 2 atom stereocenters. The van der Waals surface area contributed by atoms with Crippen molar-refractivity contribution in [2.45, 2.75) is 38.5 Å². The zero-order chi connectivity index (χ0) is 31.4. The van der Waals surface area contributed by atoms with Gasteiger partial charge < -0.3 is 24.9 Å². The normalized spacial score (nSPS) is 18.3.